The van der Waals surface area contributed by atoms with Crippen molar-refractivity contribution in [1.29, 1.82) is 0 Å². The zero-order valence-electron chi connectivity index (χ0n) is 6.83. The van der Waals surface area contributed by atoms with Crippen LogP contribution < -0.4 is 0 Å². The van der Waals surface area contributed by atoms with Gasteiger partial charge in [0.15, 0.2) is 0 Å². The minimum atomic E-state index is -4.60. The molecule has 1 aromatic carbocycles. The zero-order valence-corrected chi connectivity index (χ0v) is 9.10. The summed E-state index contributed by atoms with van der Waals surface area (Å²) in [6, 6.07) is 1.19. The summed E-state index contributed by atoms with van der Waals surface area (Å²) < 4.78 is 36.9. The van der Waals surface area contributed by atoms with Crippen molar-refractivity contribution >= 4 is 40.0 Å². The fourth-order valence-electron chi connectivity index (χ4n) is 0.896. The predicted molar refractivity (Wildman–Crippen MR) is 51.6 cm³/mol. The molecule has 0 saturated carbocycles. The molecule has 0 heterocycles. The quantitative estimate of drug-likeness (QED) is 0.696. The monoisotopic (exact) mass is 276 g/mol. The molecule has 0 fully saturated rings. The van der Waals surface area contributed by atoms with Gasteiger partial charge in [0.05, 0.1) is 21.2 Å². The maximum Gasteiger partial charge on any atom is 0.416 e. The Morgan fingerprint density at radius 2 is 1.73 bits per heavy atom. The highest BCUT2D eigenvalue weighted by molar-refractivity contribution is 6.69. The van der Waals surface area contributed by atoms with E-state index in [-0.39, 0.29) is 10.0 Å². The van der Waals surface area contributed by atoms with Crippen molar-refractivity contribution in [3.05, 3.63) is 33.3 Å². The van der Waals surface area contributed by atoms with E-state index in [4.69, 9.17) is 34.8 Å². The topological polar surface area (TPSA) is 17.1 Å². The van der Waals surface area contributed by atoms with Gasteiger partial charge in [0.1, 0.15) is 0 Å². The fraction of sp³-hybridized carbons (Fsp3) is 0.125. The van der Waals surface area contributed by atoms with Gasteiger partial charge in [-0.2, -0.15) is 13.2 Å². The molecule has 1 nitrogen and oxygen atoms in total. The van der Waals surface area contributed by atoms with Crippen LogP contribution in [0, 0.1) is 0 Å². The lowest BCUT2D eigenvalue weighted by Gasteiger charge is -2.09. The second-order valence-electron chi connectivity index (χ2n) is 2.59. The van der Waals surface area contributed by atoms with Crippen LogP contribution in [0.5, 0.6) is 0 Å². The summed E-state index contributed by atoms with van der Waals surface area (Å²) in [5.74, 6) is 0. The van der Waals surface area contributed by atoms with Crippen LogP contribution in [0.2, 0.25) is 10.0 Å². The van der Waals surface area contributed by atoms with Gasteiger partial charge in [-0.1, -0.05) is 23.2 Å². The van der Waals surface area contributed by atoms with Crippen molar-refractivity contribution in [2.24, 2.45) is 0 Å². The first-order valence-corrected chi connectivity index (χ1v) is 4.63. The third kappa shape index (κ3) is 2.77. The van der Waals surface area contributed by atoms with Gasteiger partial charge in [0.2, 0.25) is 0 Å². The molecular weight excluding hydrogens is 275 g/mol. The van der Waals surface area contributed by atoms with E-state index < -0.39 is 22.5 Å². The van der Waals surface area contributed by atoms with E-state index in [0.29, 0.717) is 12.1 Å². The molecule has 15 heavy (non-hydrogen) atoms. The third-order valence-electron chi connectivity index (χ3n) is 1.57. The molecule has 0 atom stereocenters. The molecule has 1 rings (SSSR count). The van der Waals surface area contributed by atoms with Gasteiger partial charge in [0.25, 0.3) is 5.24 Å². The third-order valence-corrected chi connectivity index (χ3v) is 2.57. The Bertz CT molecular complexity index is 414. The first kappa shape index (κ1) is 12.6. The number of carbonyl (C=O) groups is 1. The SMILES string of the molecule is O=C(Cl)c1cc(C(F)(F)F)cc(Cl)c1Cl. The van der Waals surface area contributed by atoms with Crippen LogP contribution in [-0.4, -0.2) is 5.24 Å². The van der Waals surface area contributed by atoms with E-state index in [1.807, 2.05) is 0 Å². The standard InChI is InChI=1S/C8H2Cl3F3O/c9-5-2-3(8(12,13)14)1-4(6(5)10)7(11)15/h1-2H. The molecule has 0 aliphatic heterocycles. The molecule has 0 aliphatic carbocycles. The molecule has 0 aromatic heterocycles. The number of hydrogen-bond acceptors (Lipinski definition) is 1. The summed E-state index contributed by atoms with van der Waals surface area (Å²) in [6.07, 6.45) is -4.60. The summed E-state index contributed by atoms with van der Waals surface area (Å²) in [4.78, 5) is 10.8. The van der Waals surface area contributed by atoms with Crippen molar-refractivity contribution in [2.75, 3.05) is 0 Å². The second kappa shape index (κ2) is 4.20. The summed E-state index contributed by atoms with van der Waals surface area (Å²) >= 11 is 16.0. The molecule has 0 unspecified atom stereocenters. The molecule has 0 radical (unpaired) electrons. The first-order chi connectivity index (χ1) is 6.73. The number of benzene rings is 1. The summed E-state index contributed by atoms with van der Waals surface area (Å²) in [5.41, 5.74) is -1.53. The van der Waals surface area contributed by atoms with Crippen molar-refractivity contribution in [1.82, 2.24) is 0 Å². The zero-order chi connectivity index (χ0) is 11.8. The minimum Gasteiger partial charge on any atom is -0.276 e. The van der Waals surface area contributed by atoms with Crippen LogP contribution in [0.1, 0.15) is 15.9 Å². The van der Waals surface area contributed by atoms with Crippen LogP contribution >= 0.6 is 34.8 Å². The van der Waals surface area contributed by atoms with Gasteiger partial charge in [-0.3, -0.25) is 4.79 Å². The van der Waals surface area contributed by atoms with Crippen molar-refractivity contribution in [3.63, 3.8) is 0 Å². The largest absolute Gasteiger partial charge is 0.416 e. The van der Waals surface area contributed by atoms with Crippen molar-refractivity contribution < 1.29 is 18.0 Å². The van der Waals surface area contributed by atoms with Crippen LogP contribution in [0.4, 0.5) is 13.2 Å². The van der Waals surface area contributed by atoms with Crippen LogP contribution in [0.3, 0.4) is 0 Å². The number of rotatable bonds is 1. The first-order valence-electron chi connectivity index (χ1n) is 3.49. The maximum atomic E-state index is 12.3. The molecule has 0 aliphatic rings. The molecule has 0 N–H and O–H groups in total. The van der Waals surface area contributed by atoms with Crippen molar-refractivity contribution in [2.45, 2.75) is 6.18 Å². The number of carbonyl (C=O) groups excluding carboxylic acids is 1. The van der Waals surface area contributed by atoms with E-state index in [2.05, 4.69) is 0 Å². The highest BCUT2D eigenvalue weighted by Crippen LogP contribution is 2.36. The molecule has 82 valence electrons. The van der Waals surface area contributed by atoms with Gasteiger partial charge in [-0.05, 0) is 23.7 Å². The smallest absolute Gasteiger partial charge is 0.276 e. The van der Waals surface area contributed by atoms with Crippen LogP contribution in [-0.2, 0) is 6.18 Å². The minimum absolute atomic E-state index is 0.287. The van der Waals surface area contributed by atoms with Crippen LogP contribution in [0.25, 0.3) is 0 Å². The lowest BCUT2D eigenvalue weighted by molar-refractivity contribution is -0.137. The number of hydrogen-bond donors (Lipinski definition) is 0. The van der Waals surface area contributed by atoms with Gasteiger partial charge in [-0.15, -0.1) is 0 Å². The Kier molecular flexibility index (Phi) is 3.53. The molecule has 0 bridgehead atoms. The van der Waals surface area contributed by atoms with E-state index in [9.17, 15) is 18.0 Å². The Balaban J connectivity index is 3.43. The normalized spacial score (nSPS) is 11.6. The lowest BCUT2D eigenvalue weighted by atomic mass is 10.1. The second-order valence-corrected chi connectivity index (χ2v) is 3.72. The predicted octanol–water partition coefficient (Wildman–Crippen LogP) is 4.39. The molecule has 0 spiro atoms. The molecular formula is C8H2Cl3F3O. The van der Waals surface area contributed by atoms with Crippen LogP contribution in [0.15, 0.2) is 12.1 Å². The van der Waals surface area contributed by atoms with Gasteiger partial charge in [0, 0.05) is 0 Å². The highest BCUT2D eigenvalue weighted by Gasteiger charge is 2.32. The van der Waals surface area contributed by atoms with Gasteiger partial charge >= 0.3 is 6.18 Å². The van der Waals surface area contributed by atoms with E-state index >= 15 is 0 Å². The summed E-state index contributed by atoms with van der Waals surface area (Å²) in [7, 11) is 0. The Morgan fingerprint density at radius 1 is 1.20 bits per heavy atom. The maximum absolute atomic E-state index is 12.3. The Hall–Kier alpha value is -0.450. The highest BCUT2D eigenvalue weighted by atomic mass is 35.5. The Labute approximate surface area is 97.7 Å². The fourth-order valence-corrected chi connectivity index (χ4v) is 1.51. The van der Waals surface area contributed by atoms with Crippen molar-refractivity contribution in [3.8, 4) is 0 Å². The lowest BCUT2D eigenvalue weighted by Crippen LogP contribution is -2.07. The average Bonchev–Trinajstić information content (AvgIpc) is 2.06. The number of halogens is 6. The average molecular weight is 277 g/mol. The van der Waals surface area contributed by atoms with E-state index in [1.165, 1.54) is 0 Å². The summed E-state index contributed by atoms with van der Waals surface area (Å²) in [5, 5.41) is -1.74. The van der Waals surface area contributed by atoms with Gasteiger partial charge < -0.3 is 0 Å². The molecule has 0 amide bonds. The molecule has 7 heteroatoms. The summed E-state index contributed by atoms with van der Waals surface area (Å²) in [6.45, 7) is 0. The number of alkyl halides is 3. The van der Waals surface area contributed by atoms with E-state index in [1.54, 1.807) is 0 Å². The molecule has 0 saturated heterocycles. The van der Waals surface area contributed by atoms with E-state index in [0.717, 1.165) is 0 Å². The molecule has 1 aromatic rings. The Morgan fingerprint density at radius 3 is 2.13 bits per heavy atom. The van der Waals surface area contributed by atoms with Gasteiger partial charge in [-0.25, -0.2) is 0 Å².